The van der Waals surface area contributed by atoms with Crippen molar-refractivity contribution in [1.82, 2.24) is 9.55 Å². The molecule has 0 N–H and O–H groups in total. The summed E-state index contributed by atoms with van der Waals surface area (Å²) in [5, 5.41) is 0. The number of hydrogen-bond donors (Lipinski definition) is 0. The van der Waals surface area contributed by atoms with E-state index in [0.717, 1.165) is 13.0 Å². The minimum Gasteiger partial charge on any atom is -0.335 e. The van der Waals surface area contributed by atoms with Crippen LogP contribution >= 0.6 is 0 Å². The molecular formula is C45H72N2. The first-order valence-corrected chi connectivity index (χ1v) is 20.3. The van der Waals surface area contributed by atoms with Gasteiger partial charge in [-0.25, -0.2) is 4.98 Å². The molecule has 3 aromatic rings. The predicted molar refractivity (Wildman–Crippen MR) is 206 cm³/mol. The van der Waals surface area contributed by atoms with Gasteiger partial charge in [0.05, 0.1) is 0 Å². The van der Waals surface area contributed by atoms with E-state index in [9.17, 15) is 0 Å². The Balaban J connectivity index is 1.62. The van der Waals surface area contributed by atoms with Gasteiger partial charge in [0.1, 0.15) is 5.82 Å². The monoisotopic (exact) mass is 641 g/mol. The van der Waals surface area contributed by atoms with Crippen LogP contribution < -0.4 is 0 Å². The molecule has 47 heavy (non-hydrogen) atoms. The Kier molecular flexibility index (Phi) is 20.6. The number of imidazole rings is 1. The fourth-order valence-electron chi connectivity index (χ4n) is 7.78. The van der Waals surface area contributed by atoms with Crippen molar-refractivity contribution < 1.29 is 0 Å². The van der Waals surface area contributed by atoms with E-state index in [2.05, 4.69) is 98.4 Å². The van der Waals surface area contributed by atoms with Crippen molar-refractivity contribution in [3.63, 3.8) is 0 Å². The van der Waals surface area contributed by atoms with Crippen molar-refractivity contribution >= 4 is 0 Å². The smallest absolute Gasteiger partial charge is 0.112 e. The Hall–Kier alpha value is -2.35. The molecule has 2 heteroatoms. The van der Waals surface area contributed by atoms with Crippen molar-refractivity contribution in [3.05, 3.63) is 90.0 Å². The van der Waals surface area contributed by atoms with Gasteiger partial charge in [-0.05, 0) is 30.4 Å². The van der Waals surface area contributed by atoms with Gasteiger partial charge in [-0.2, -0.15) is 0 Å². The lowest BCUT2D eigenvalue weighted by atomic mass is 9.66. The molecule has 0 aliphatic rings. The number of rotatable bonds is 29. The summed E-state index contributed by atoms with van der Waals surface area (Å²) < 4.78 is 2.53. The molecule has 1 aromatic heterocycles. The predicted octanol–water partition coefficient (Wildman–Crippen LogP) is 14.2. The van der Waals surface area contributed by atoms with Gasteiger partial charge in [0.2, 0.25) is 0 Å². The van der Waals surface area contributed by atoms with E-state index in [1.807, 2.05) is 0 Å². The minimum absolute atomic E-state index is 0.0265. The number of aromatic nitrogens is 2. The van der Waals surface area contributed by atoms with Crippen molar-refractivity contribution in [2.45, 2.75) is 193 Å². The fraction of sp³-hybridized carbons (Fsp3) is 0.667. The molecule has 0 fully saturated rings. The van der Waals surface area contributed by atoms with E-state index in [1.165, 1.54) is 165 Å². The number of hydrogen-bond acceptors (Lipinski definition) is 1. The molecule has 0 saturated carbocycles. The van der Waals surface area contributed by atoms with Crippen molar-refractivity contribution in [2.24, 2.45) is 0 Å². The molecule has 2 aromatic carbocycles. The first kappa shape index (κ1) is 39.1. The average molecular weight is 641 g/mol. The van der Waals surface area contributed by atoms with Crippen LogP contribution in [-0.2, 0) is 18.4 Å². The summed E-state index contributed by atoms with van der Waals surface area (Å²) in [4.78, 5) is 5.15. The van der Waals surface area contributed by atoms with Crippen molar-refractivity contribution in [3.8, 4) is 0 Å². The third-order valence-electron chi connectivity index (χ3n) is 10.8. The molecule has 262 valence electrons. The van der Waals surface area contributed by atoms with Gasteiger partial charge in [0.25, 0.3) is 0 Å². The maximum atomic E-state index is 5.15. The van der Waals surface area contributed by atoms with E-state index in [0.29, 0.717) is 5.92 Å². The number of unbranched alkanes of at least 4 members (excludes halogenated alkanes) is 20. The summed E-state index contributed by atoms with van der Waals surface area (Å²) >= 11 is 0. The Bertz CT molecular complexity index is 1120. The third-order valence-corrected chi connectivity index (χ3v) is 10.8. The molecule has 0 aliphatic carbocycles. The van der Waals surface area contributed by atoms with Crippen LogP contribution in [0.3, 0.4) is 0 Å². The molecule has 0 bridgehead atoms. The number of nitrogens with zero attached hydrogens (tertiary/aromatic N) is 2. The second-order valence-corrected chi connectivity index (χ2v) is 14.8. The Morgan fingerprint density at radius 3 is 1.51 bits per heavy atom. The van der Waals surface area contributed by atoms with Crippen LogP contribution in [0.2, 0.25) is 0 Å². The first-order valence-electron chi connectivity index (χ1n) is 20.3. The van der Waals surface area contributed by atoms with Crippen LogP contribution in [0.25, 0.3) is 0 Å². The van der Waals surface area contributed by atoms with E-state index in [4.69, 9.17) is 4.98 Å². The fourth-order valence-corrected chi connectivity index (χ4v) is 7.78. The Morgan fingerprint density at radius 2 is 1.00 bits per heavy atom. The van der Waals surface area contributed by atoms with Crippen LogP contribution in [0.1, 0.15) is 191 Å². The van der Waals surface area contributed by atoms with Crippen LogP contribution in [0.5, 0.6) is 0 Å². The molecule has 0 spiro atoms. The van der Waals surface area contributed by atoms with Crippen molar-refractivity contribution in [2.75, 3.05) is 0 Å². The topological polar surface area (TPSA) is 17.8 Å². The summed E-state index contributed by atoms with van der Waals surface area (Å²) in [6.07, 6.45) is 37.1. The standard InChI is InChI=1S/C45H72N2/c1-4-6-8-10-12-14-16-17-18-20-22-30-36-43(45(3,42-34-28-25-29-35-42)40-41-32-26-24-27-33-41)44-46-37-39-47(44)38-31-23-21-19-15-13-11-9-7-5-2/h24-29,32-35,37,39,43H,4-23,30-31,36,38,40H2,1-3H3. The van der Waals surface area contributed by atoms with Gasteiger partial charge < -0.3 is 4.57 Å². The Labute approximate surface area is 291 Å². The van der Waals surface area contributed by atoms with Crippen LogP contribution in [-0.4, -0.2) is 9.55 Å². The van der Waals surface area contributed by atoms with E-state index in [-0.39, 0.29) is 5.41 Å². The zero-order chi connectivity index (χ0) is 33.3. The molecule has 0 amide bonds. The van der Waals surface area contributed by atoms with Gasteiger partial charge in [-0.15, -0.1) is 0 Å². The summed E-state index contributed by atoms with van der Waals surface area (Å²) in [5.41, 5.74) is 2.84. The zero-order valence-electron chi connectivity index (χ0n) is 31.1. The maximum Gasteiger partial charge on any atom is 0.112 e. The Morgan fingerprint density at radius 1 is 0.553 bits per heavy atom. The van der Waals surface area contributed by atoms with Gasteiger partial charge in [-0.3, -0.25) is 0 Å². The third kappa shape index (κ3) is 15.2. The molecule has 2 atom stereocenters. The number of aryl methyl sites for hydroxylation is 1. The largest absolute Gasteiger partial charge is 0.335 e. The molecule has 3 rings (SSSR count). The normalized spacial score (nSPS) is 13.5. The molecule has 2 unspecified atom stereocenters. The molecule has 2 nitrogen and oxygen atoms in total. The highest BCUT2D eigenvalue weighted by Crippen LogP contribution is 2.44. The second kappa shape index (κ2) is 24.7. The lowest BCUT2D eigenvalue weighted by molar-refractivity contribution is 0.321. The minimum atomic E-state index is -0.0265. The highest BCUT2D eigenvalue weighted by atomic mass is 15.1. The molecule has 0 saturated heterocycles. The average Bonchev–Trinajstić information content (AvgIpc) is 3.56. The van der Waals surface area contributed by atoms with E-state index >= 15 is 0 Å². The van der Waals surface area contributed by atoms with Crippen LogP contribution in [0, 0.1) is 0 Å². The van der Waals surface area contributed by atoms with Gasteiger partial charge in [-0.1, -0.05) is 216 Å². The summed E-state index contributed by atoms with van der Waals surface area (Å²) in [5.74, 6) is 1.69. The lowest BCUT2D eigenvalue weighted by Crippen LogP contribution is -2.35. The molecular weight excluding hydrogens is 569 g/mol. The van der Waals surface area contributed by atoms with Crippen LogP contribution in [0.15, 0.2) is 73.1 Å². The summed E-state index contributed by atoms with van der Waals surface area (Å²) in [7, 11) is 0. The molecule has 0 aliphatic heterocycles. The summed E-state index contributed by atoms with van der Waals surface area (Å²) in [6.45, 7) is 8.23. The van der Waals surface area contributed by atoms with Gasteiger partial charge >= 0.3 is 0 Å². The molecule has 0 radical (unpaired) electrons. The van der Waals surface area contributed by atoms with Gasteiger partial charge in [0, 0.05) is 30.3 Å². The second-order valence-electron chi connectivity index (χ2n) is 14.8. The van der Waals surface area contributed by atoms with Gasteiger partial charge in [0.15, 0.2) is 0 Å². The first-order chi connectivity index (χ1) is 23.2. The lowest BCUT2D eigenvalue weighted by Gasteiger charge is -2.39. The quantitative estimate of drug-likeness (QED) is 0.0690. The zero-order valence-corrected chi connectivity index (χ0v) is 31.1. The maximum absolute atomic E-state index is 5.15. The van der Waals surface area contributed by atoms with E-state index in [1.54, 1.807) is 0 Å². The van der Waals surface area contributed by atoms with Crippen molar-refractivity contribution in [1.29, 1.82) is 0 Å². The number of benzene rings is 2. The van der Waals surface area contributed by atoms with E-state index < -0.39 is 0 Å². The summed E-state index contributed by atoms with van der Waals surface area (Å²) in [6, 6.07) is 22.6. The SMILES string of the molecule is CCCCCCCCCCCCCCC(c1nccn1CCCCCCCCCCCC)C(C)(Cc1ccccc1)c1ccccc1. The van der Waals surface area contributed by atoms with Crippen LogP contribution in [0.4, 0.5) is 0 Å². The molecule has 1 heterocycles. The highest BCUT2D eigenvalue weighted by Gasteiger charge is 2.39. The highest BCUT2D eigenvalue weighted by molar-refractivity contribution is 5.33.